The molecule has 2 aromatic rings. The molecule has 1 saturated heterocycles. The Morgan fingerprint density at radius 3 is 2.67 bits per heavy atom. The Labute approximate surface area is 145 Å². The first-order chi connectivity index (χ1) is 11.5. The average Bonchev–Trinajstić information content (AvgIpc) is 3.08. The maximum absolute atomic E-state index is 11.4. The molecule has 0 radical (unpaired) electrons. The summed E-state index contributed by atoms with van der Waals surface area (Å²) in [5.41, 5.74) is -1.91. The average molecular weight is 354 g/mol. The quantitative estimate of drug-likeness (QED) is 0.852. The van der Waals surface area contributed by atoms with E-state index in [-0.39, 0.29) is 19.9 Å². The molecule has 1 aliphatic heterocycles. The number of aromatic nitrogens is 3. The van der Waals surface area contributed by atoms with E-state index >= 15 is 0 Å². The molecule has 0 saturated carbocycles. The Morgan fingerprint density at radius 2 is 2.04 bits per heavy atom. The molecular formula is C16H20ClN3O4. The van der Waals surface area contributed by atoms with Gasteiger partial charge in [-0.1, -0.05) is 18.5 Å². The van der Waals surface area contributed by atoms with Crippen molar-refractivity contribution in [2.24, 2.45) is 5.41 Å². The van der Waals surface area contributed by atoms with Gasteiger partial charge in [0, 0.05) is 10.4 Å². The lowest BCUT2D eigenvalue weighted by Gasteiger charge is -2.45. The second kappa shape index (κ2) is 7.06. The van der Waals surface area contributed by atoms with Crippen LogP contribution in [0, 0.1) is 5.41 Å². The van der Waals surface area contributed by atoms with Gasteiger partial charge in [0.15, 0.2) is 0 Å². The highest BCUT2D eigenvalue weighted by atomic mass is 35.5. The fourth-order valence-electron chi connectivity index (χ4n) is 2.63. The molecule has 0 aliphatic carbocycles. The van der Waals surface area contributed by atoms with E-state index in [1.165, 1.54) is 6.33 Å². The van der Waals surface area contributed by atoms with Crippen molar-refractivity contribution in [3.05, 3.63) is 41.9 Å². The first kappa shape index (κ1) is 17.2. The molecule has 1 fully saturated rings. The van der Waals surface area contributed by atoms with Crippen molar-refractivity contribution in [2.75, 3.05) is 26.6 Å². The fourth-order valence-corrected chi connectivity index (χ4v) is 2.76. The Morgan fingerprint density at radius 1 is 1.33 bits per heavy atom. The van der Waals surface area contributed by atoms with Crippen LogP contribution in [0.15, 0.2) is 36.9 Å². The van der Waals surface area contributed by atoms with E-state index in [1.54, 1.807) is 35.3 Å². The van der Waals surface area contributed by atoms with Crippen LogP contribution >= 0.6 is 11.6 Å². The minimum atomic E-state index is -1.26. The standard InChI is InChI=1S/C16H20ClN3O4/c1-15(7-22-12-23-8-15)16(21,6-20-11-18-10-19-20)9-24-14-4-2-13(17)3-5-14/h2-5,10-11,21H,6-9,12H2,1H3. The molecule has 1 unspecified atom stereocenters. The van der Waals surface area contributed by atoms with Crippen LogP contribution in [0.1, 0.15) is 6.92 Å². The van der Waals surface area contributed by atoms with Gasteiger partial charge in [0.25, 0.3) is 0 Å². The van der Waals surface area contributed by atoms with E-state index < -0.39 is 11.0 Å². The molecule has 0 amide bonds. The molecule has 7 nitrogen and oxygen atoms in total. The SMILES string of the molecule is CC1(C(O)(COc2ccc(Cl)cc2)Cn2cncn2)COCOC1. The van der Waals surface area contributed by atoms with Gasteiger partial charge in [0.2, 0.25) is 0 Å². The van der Waals surface area contributed by atoms with Gasteiger partial charge in [0.1, 0.15) is 37.4 Å². The predicted molar refractivity (Wildman–Crippen MR) is 86.8 cm³/mol. The molecule has 2 heterocycles. The number of nitrogens with zero attached hydrogens (tertiary/aromatic N) is 3. The smallest absolute Gasteiger partial charge is 0.146 e. The molecule has 1 aliphatic rings. The zero-order chi connectivity index (χ0) is 17.0. The van der Waals surface area contributed by atoms with E-state index in [2.05, 4.69) is 10.1 Å². The van der Waals surface area contributed by atoms with Gasteiger partial charge >= 0.3 is 0 Å². The number of rotatable bonds is 6. The monoisotopic (exact) mass is 353 g/mol. The summed E-state index contributed by atoms with van der Waals surface area (Å²) in [6.07, 6.45) is 2.98. The third-order valence-electron chi connectivity index (χ3n) is 4.31. The van der Waals surface area contributed by atoms with E-state index in [1.807, 2.05) is 6.92 Å². The fraction of sp³-hybridized carbons (Fsp3) is 0.500. The van der Waals surface area contributed by atoms with Crippen molar-refractivity contribution < 1.29 is 19.3 Å². The number of aliphatic hydroxyl groups is 1. The third kappa shape index (κ3) is 3.70. The highest BCUT2D eigenvalue weighted by Gasteiger charge is 2.50. The molecular weight excluding hydrogens is 334 g/mol. The summed E-state index contributed by atoms with van der Waals surface area (Å²) in [6.45, 7) is 3.13. The van der Waals surface area contributed by atoms with Gasteiger partial charge in [-0.25, -0.2) is 9.67 Å². The van der Waals surface area contributed by atoms with E-state index in [0.29, 0.717) is 24.0 Å². The minimum Gasteiger partial charge on any atom is -0.490 e. The number of benzene rings is 1. The summed E-state index contributed by atoms with van der Waals surface area (Å²) in [6, 6.07) is 6.99. The molecule has 0 spiro atoms. The number of ether oxygens (including phenoxy) is 3. The third-order valence-corrected chi connectivity index (χ3v) is 4.56. The predicted octanol–water partition coefficient (Wildman–Crippen LogP) is 1.75. The van der Waals surface area contributed by atoms with Crippen molar-refractivity contribution in [3.8, 4) is 5.75 Å². The van der Waals surface area contributed by atoms with E-state index in [4.69, 9.17) is 25.8 Å². The molecule has 8 heteroatoms. The second-order valence-electron chi connectivity index (χ2n) is 6.24. The van der Waals surface area contributed by atoms with Crippen LogP contribution in [0.3, 0.4) is 0 Å². The first-order valence-electron chi connectivity index (χ1n) is 7.59. The van der Waals surface area contributed by atoms with Crippen molar-refractivity contribution in [1.29, 1.82) is 0 Å². The summed E-state index contributed by atoms with van der Waals surface area (Å²) >= 11 is 5.88. The normalized spacial score (nSPS) is 19.6. The summed E-state index contributed by atoms with van der Waals surface area (Å²) < 4.78 is 18.2. The molecule has 24 heavy (non-hydrogen) atoms. The van der Waals surface area contributed by atoms with Gasteiger partial charge in [-0.2, -0.15) is 5.10 Å². The lowest BCUT2D eigenvalue weighted by molar-refractivity contribution is -0.232. The van der Waals surface area contributed by atoms with E-state index in [0.717, 1.165) is 0 Å². The molecule has 130 valence electrons. The van der Waals surface area contributed by atoms with E-state index in [9.17, 15) is 5.11 Å². The maximum atomic E-state index is 11.4. The summed E-state index contributed by atoms with van der Waals surface area (Å²) in [5, 5.41) is 16.1. The molecule has 1 N–H and O–H groups in total. The first-order valence-corrected chi connectivity index (χ1v) is 7.97. The Balaban J connectivity index is 1.79. The summed E-state index contributed by atoms with van der Waals surface area (Å²) in [7, 11) is 0. The zero-order valence-corrected chi connectivity index (χ0v) is 14.1. The van der Waals surface area contributed by atoms with Crippen molar-refractivity contribution in [2.45, 2.75) is 19.1 Å². The van der Waals surface area contributed by atoms with Gasteiger partial charge in [0.05, 0.1) is 19.8 Å². The lowest BCUT2D eigenvalue weighted by atomic mass is 9.74. The molecule has 1 aromatic carbocycles. The second-order valence-corrected chi connectivity index (χ2v) is 6.68. The maximum Gasteiger partial charge on any atom is 0.146 e. The lowest BCUT2D eigenvalue weighted by Crippen LogP contribution is -2.59. The van der Waals surface area contributed by atoms with Gasteiger partial charge in [-0.3, -0.25) is 0 Å². The van der Waals surface area contributed by atoms with Crippen LogP contribution in [-0.4, -0.2) is 52.1 Å². The molecule has 1 atom stereocenters. The number of hydrogen-bond donors (Lipinski definition) is 1. The molecule has 0 bridgehead atoms. The number of halogens is 1. The highest BCUT2D eigenvalue weighted by molar-refractivity contribution is 6.30. The zero-order valence-electron chi connectivity index (χ0n) is 13.4. The highest BCUT2D eigenvalue weighted by Crippen LogP contribution is 2.36. The largest absolute Gasteiger partial charge is 0.490 e. The van der Waals surface area contributed by atoms with Crippen molar-refractivity contribution in [1.82, 2.24) is 14.8 Å². The van der Waals surface area contributed by atoms with Crippen LogP contribution < -0.4 is 4.74 Å². The van der Waals surface area contributed by atoms with Gasteiger partial charge in [-0.15, -0.1) is 0 Å². The van der Waals surface area contributed by atoms with Crippen molar-refractivity contribution in [3.63, 3.8) is 0 Å². The topological polar surface area (TPSA) is 78.6 Å². The Kier molecular flexibility index (Phi) is 5.05. The molecule has 1 aromatic heterocycles. The Hall–Kier alpha value is -1.67. The minimum absolute atomic E-state index is 0.0533. The molecule has 3 rings (SSSR count). The Bertz CT molecular complexity index is 644. The summed E-state index contributed by atoms with van der Waals surface area (Å²) in [4.78, 5) is 3.92. The number of hydrogen-bond acceptors (Lipinski definition) is 6. The van der Waals surface area contributed by atoms with Gasteiger partial charge < -0.3 is 19.3 Å². The summed E-state index contributed by atoms with van der Waals surface area (Å²) in [5.74, 6) is 0.623. The van der Waals surface area contributed by atoms with Gasteiger partial charge in [-0.05, 0) is 24.3 Å². The van der Waals surface area contributed by atoms with Crippen LogP contribution in [0.2, 0.25) is 5.02 Å². The van der Waals surface area contributed by atoms with Crippen LogP contribution in [0.25, 0.3) is 0 Å². The van der Waals surface area contributed by atoms with Crippen LogP contribution in [-0.2, 0) is 16.0 Å². The van der Waals surface area contributed by atoms with Crippen molar-refractivity contribution >= 4 is 11.6 Å². The van der Waals surface area contributed by atoms with Crippen LogP contribution in [0.4, 0.5) is 0 Å². The van der Waals surface area contributed by atoms with Crippen LogP contribution in [0.5, 0.6) is 5.75 Å².